The van der Waals surface area contributed by atoms with Gasteiger partial charge < -0.3 is 4.40 Å². The van der Waals surface area contributed by atoms with Gasteiger partial charge in [0.05, 0.1) is 5.69 Å². The molecule has 0 bridgehead atoms. The van der Waals surface area contributed by atoms with Crippen LogP contribution in [0.1, 0.15) is 11.4 Å². The Morgan fingerprint density at radius 1 is 1.46 bits per heavy atom. The lowest BCUT2D eigenvalue weighted by Gasteiger charge is -1.95. The maximum absolute atomic E-state index is 4.38. The predicted molar refractivity (Wildman–Crippen MR) is 53.4 cm³/mol. The molecule has 2 rings (SSSR count). The minimum Gasteiger partial charge on any atom is -0.304 e. The summed E-state index contributed by atoms with van der Waals surface area (Å²) in [6.45, 7) is 2.06. The number of pyridine rings is 1. The summed E-state index contributed by atoms with van der Waals surface area (Å²) in [6, 6.07) is 6.05. The first-order valence-corrected chi connectivity index (χ1v) is 4.18. The van der Waals surface area contributed by atoms with E-state index in [0.29, 0.717) is 0 Å². The summed E-state index contributed by atoms with van der Waals surface area (Å²) in [5.41, 5.74) is 3.05. The van der Waals surface area contributed by atoms with Gasteiger partial charge in [-0.3, -0.25) is 4.99 Å². The van der Waals surface area contributed by atoms with Gasteiger partial charge in [0.2, 0.25) is 0 Å². The number of rotatable bonds is 1. The molecule has 13 heavy (non-hydrogen) atoms. The molecule has 2 aromatic heterocycles. The van der Waals surface area contributed by atoms with Crippen molar-refractivity contribution in [1.29, 1.82) is 0 Å². The van der Waals surface area contributed by atoms with E-state index in [0.717, 1.165) is 11.3 Å². The highest BCUT2D eigenvalue weighted by Crippen LogP contribution is 2.06. The van der Waals surface area contributed by atoms with Crippen molar-refractivity contribution in [3.05, 3.63) is 35.8 Å². The zero-order valence-corrected chi connectivity index (χ0v) is 7.73. The van der Waals surface area contributed by atoms with Crippen LogP contribution in [0.5, 0.6) is 0 Å². The highest BCUT2D eigenvalue weighted by atomic mass is 15.0. The molecule has 0 saturated carbocycles. The molecular weight excluding hydrogens is 162 g/mol. The predicted octanol–water partition coefficient (Wildman–Crippen LogP) is 1.69. The summed E-state index contributed by atoms with van der Waals surface area (Å²) in [7, 11) is 1.75. The van der Waals surface area contributed by atoms with Crippen LogP contribution in [-0.4, -0.2) is 22.6 Å². The Morgan fingerprint density at radius 3 is 3.00 bits per heavy atom. The summed E-state index contributed by atoms with van der Waals surface area (Å²) >= 11 is 0. The topological polar surface area (TPSA) is 29.7 Å². The van der Waals surface area contributed by atoms with Gasteiger partial charge in [0, 0.05) is 25.2 Å². The zero-order valence-electron chi connectivity index (χ0n) is 7.73. The summed E-state index contributed by atoms with van der Waals surface area (Å²) < 4.78 is 2.05. The minimum atomic E-state index is 0.900. The molecular formula is C10H11N3. The van der Waals surface area contributed by atoms with Crippen LogP contribution in [0.25, 0.3) is 5.65 Å². The Balaban J connectivity index is 2.68. The Labute approximate surface area is 76.8 Å². The quantitative estimate of drug-likeness (QED) is 0.603. The van der Waals surface area contributed by atoms with Crippen LogP contribution >= 0.6 is 0 Å². The highest BCUT2D eigenvalue weighted by Gasteiger charge is 1.99. The van der Waals surface area contributed by atoms with Crippen LogP contribution in [0.15, 0.2) is 29.4 Å². The lowest BCUT2D eigenvalue weighted by atomic mass is 10.4. The van der Waals surface area contributed by atoms with Gasteiger partial charge in [-0.15, -0.1) is 0 Å². The van der Waals surface area contributed by atoms with Gasteiger partial charge in [-0.05, 0) is 19.1 Å². The average Bonchev–Trinajstić information content (AvgIpc) is 2.49. The molecule has 0 radical (unpaired) electrons. The fraction of sp³-hybridized carbons (Fsp3) is 0.200. The van der Waals surface area contributed by atoms with E-state index in [-0.39, 0.29) is 0 Å². The molecule has 0 unspecified atom stereocenters. The number of nitrogens with zero attached hydrogens (tertiary/aromatic N) is 3. The second kappa shape index (κ2) is 3.01. The fourth-order valence-corrected chi connectivity index (χ4v) is 1.36. The Morgan fingerprint density at radius 2 is 2.31 bits per heavy atom. The van der Waals surface area contributed by atoms with Crippen LogP contribution in [-0.2, 0) is 0 Å². The van der Waals surface area contributed by atoms with E-state index in [4.69, 9.17) is 0 Å². The first kappa shape index (κ1) is 7.98. The smallest absolute Gasteiger partial charge is 0.137 e. The van der Waals surface area contributed by atoms with Crippen LogP contribution in [0.4, 0.5) is 0 Å². The van der Waals surface area contributed by atoms with E-state index in [1.807, 2.05) is 18.3 Å². The van der Waals surface area contributed by atoms with Crippen molar-refractivity contribution in [2.75, 3.05) is 7.05 Å². The maximum Gasteiger partial charge on any atom is 0.137 e. The van der Waals surface area contributed by atoms with E-state index >= 15 is 0 Å². The molecule has 66 valence electrons. The van der Waals surface area contributed by atoms with Crippen LogP contribution < -0.4 is 0 Å². The molecule has 0 aliphatic heterocycles. The second-order valence-corrected chi connectivity index (χ2v) is 2.95. The molecule has 0 amide bonds. The molecule has 0 aromatic carbocycles. The molecule has 0 saturated heterocycles. The van der Waals surface area contributed by atoms with Gasteiger partial charge in [-0.2, -0.15) is 0 Å². The molecule has 2 heterocycles. The largest absolute Gasteiger partial charge is 0.304 e. The normalized spacial score (nSPS) is 11.5. The Hall–Kier alpha value is -1.64. The van der Waals surface area contributed by atoms with E-state index in [1.165, 1.54) is 5.69 Å². The molecule has 2 aromatic rings. The van der Waals surface area contributed by atoms with Crippen molar-refractivity contribution in [1.82, 2.24) is 9.38 Å². The summed E-state index contributed by atoms with van der Waals surface area (Å²) in [4.78, 5) is 8.31. The molecule has 3 heteroatoms. The number of fused-ring (bicyclic) bond motifs is 1. The Bertz CT molecular complexity index is 454. The monoisotopic (exact) mass is 173 g/mol. The molecule has 0 N–H and O–H groups in total. The average molecular weight is 173 g/mol. The number of aryl methyl sites for hydroxylation is 1. The third-order valence-corrected chi connectivity index (χ3v) is 1.98. The first-order valence-electron chi connectivity index (χ1n) is 4.18. The highest BCUT2D eigenvalue weighted by molar-refractivity contribution is 5.77. The third-order valence-electron chi connectivity index (χ3n) is 1.98. The van der Waals surface area contributed by atoms with Gasteiger partial charge in [-0.1, -0.05) is 6.07 Å². The Kier molecular flexibility index (Phi) is 1.85. The van der Waals surface area contributed by atoms with Crippen molar-refractivity contribution in [3.63, 3.8) is 0 Å². The van der Waals surface area contributed by atoms with Crippen molar-refractivity contribution in [2.45, 2.75) is 6.92 Å². The number of hydrogen-bond donors (Lipinski definition) is 0. The van der Waals surface area contributed by atoms with Crippen LogP contribution in [0, 0.1) is 6.92 Å². The minimum absolute atomic E-state index is 0.900. The molecule has 0 fully saturated rings. The fourth-order valence-electron chi connectivity index (χ4n) is 1.36. The van der Waals surface area contributed by atoms with Crippen molar-refractivity contribution in [2.24, 2.45) is 4.99 Å². The molecule has 0 spiro atoms. The standard InChI is InChI=1S/C10H11N3/c1-8-4-3-5-10-12-9(6-11-2)7-13(8)10/h3-7H,1-2H3/b11-6+. The van der Waals surface area contributed by atoms with Crippen molar-refractivity contribution < 1.29 is 0 Å². The van der Waals surface area contributed by atoms with E-state index in [2.05, 4.69) is 27.4 Å². The number of hydrogen-bond acceptors (Lipinski definition) is 2. The summed E-state index contributed by atoms with van der Waals surface area (Å²) in [6.07, 6.45) is 3.74. The van der Waals surface area contributed by atoms with Gasteiger partial charge in [0.15, 0.2) is 0 Å². The van der Waals surface area contributed by atoms with Gasteiger partial charge in [-0.25, -0.2) is 4.98 Å². The molecule has 0 aliphatic rings. The zero-order chi connectivity index (χ0) is 9.26. The number of imidazole rings is 1. The van der Waals surface area contributed by atoms with E-state index in [9.17, 15) is 0 Å². The number of aromatic nitrogens is 2. The van der Waals surface area contributed by atoms with Gasteiger partial charge >= 0.3 is 0 Å². The molecule has 0 aliphatic carbocycles. The van der Waals surface area contributed by atoms with E-state index < -0.39 is 0 Å². The third kappa shape index (κ3) is 1.33. The van der Waals surface area contributed by atoms with Crippen LogP contribution in [0.2, 0.25) is 0 Å². The second-order valence-electron chi connectivity index (χ2n) is 2.95. The molecule has 0 atom stereocenters. The lowest BCUT2D eigenvalue weighted by Crippen LogP contribution is -1.86. The molecule has 3 nitrogen and oxygen atoms in total. The summed E-state index contributed by atoms with van der Waals surface area (Å²) in [5.74, 6) is 0. The van der Waals surface area contributed by atoms with Crippen molar-refractivity contribution in [3.8, 4) is 0 Å². The van der Waals surface area contributed by atoms with Crippen LogP contribution in [0.3, 0.4) is 0 Å². The maximum atomic E-state index is 4.38. The van der Waals surface area contributed by atoms with E-state index in [1.54, 1.807) is 13.3 Å². The first-order chi connectivity index (χ1) is 6.31. The van der Waals surface area contributed by atoms with Gasteiger partial charge in [0.25, 0.3) is 0 Å². The lowest BCUT2D eigenvalue weighted by molar-refractivity contribution is 1.09. The van der Waals surface area contributed by atoms with Gasteiger partial charge in [0.1, 0.15) is 5.65 Å². The SMILES string of the molecule is C/N=C/c1cn2c(C)cccc2n1. The number of aliphatic imine (C=N–C) groups is 1. The summed E-state index contributed by atoms with van der Waals surface area (Å²) in [5, 5.41) is 0. The van der Waals surface area contributed by atoms with Crippen molar-refractivity contribution >= 4 is 11.9 Å².